The fourth-order valence-electron chi connectivity index (χ4n) is 5.71. The number of hydrogen-bond acceptors (Lipinski definition) is 3. The van der Waals surface area contributed by atoms with E-state index in [9.17, 15) is 19.4 Å². The number of phenolic OH excluding ortho intramolecular Hbond substituents is 1. The van der Waals surface area contributed by atoms with Gasteiger partial charge in [0.15, 0.2) is 0 Å². The molecule has 204 valence electrons. The summed E-state index contributed by atoms with van der Waals surface area (Å²) in [6.45, 7) is 0. The number of amides is 1. The number of β-lactam (4-membered cyclic amide) rings is 1. The van der Waals surface area contributed by atoms with Crippen molar-refractivity contribution in [2.75, 3.05) is 4.90 Å². The molecule has 0 aliphatic carbocycles. The molecule has 5 aromatic carbocycles. The van der Waals surface area contributed by atoms with Crippen molar-refractivity contribution in [2.45, 2.75) is 25.0 Å². The summed E-state index contributed by atoms with van der Waals surface area (Å²) in [6.07, 6.45) is -0.0693. The molecule has 1 fully saturated rings. The van der Waals surface area contributed by atoms with Gasteiger partial charge >= 0.3 is 0 Å². The van der Waals surface area contributed by atoms with Gasteiger partial charge in [-0.2, -0.15) is 0 Å². The van der Waals surface area contributed by atoms with E-state index in [1.54, 1.807) is 23.1 Å². The van der Waals surface area contributed by atoms with Crippen molar-refractivity contribution in [3.8, 4) is 28.0 Å². The second-order valence-electron chi connectivity index (χ2n) is 10.5. The van der Waals surface area contributed by atoms with Crippen LogP contribution in [0.15, 0.2) is 127 Å². The Kier molecular flexibility index (Phi) is 7.36. The van der Waals surface area contributed by atoms with Crippen LogP contribution >= 0.6 is 0 Å². The molecule has 5 aromatic rings. The summed E-state index contributed by atoms with van der Waals surface area (Å²) in [6, 6.07) is 38.7. The Morgan fingerprint density at radius 3 is 1.88 bits per heavy atom. The Morgan fingerprint density at radius 2 is 1.27 bits per heavy atom. The van der Waals surface area contributed by atoms with Gasteiger partial charge in [0.2, 0.25) is 5.91 Å². The summed E-state index contributed by atoms with van der Waals surface area (Å²) < 4.78 is 13.4. The van der Waals surface area contributed by atoms with Gasteiger partial charge in [0.1, 0.15) is 11.6 Å². The van der Waals surface area contributed by atoms with Crippen molar-refractivity contribution in [3.63, 3.8) is 0 Å². The summed E-state index contributed by atoms with van der Waals surface area (Å²) in [5.41, 5.74) is 6.04. The highest BCUT2D eigenvalue weighted by Gasteiger charge is 2.49. The molecular weight excluding hydrogens is 513 g/mol. The van der Waals surface area contributed by atoms with Crippen LogP contribution in [0.25, 0.3) is 22.3 Å². The van der Waals surface area contributed by atoms with Crippen molar-refractivity contribution in [3.05, 3.63) is 144 Å². The fraction of sp³-hybridized carbons (Fsp3) is 0.139. The predicted octanol–water partition coefficient (Wildman–Crippen LogP) is 8.08. The number of anilines is 1. The maximum Gasteiger partial charge on any atom is 0.233 e. The quantitative estimate of drug-likeness (QED) is 0.195. The monoisotopic (exact) mass is 543 g/mol. The number of carbonyl (C=O) groups is 1. The number of hydrogen-bond donors (Lipinski definition) is 2. The zero-order chi connectivity index (χ0) is 28.3. The van der Waals surface area contributed by atoms with Crippen LogP contribution in [-0.4, -0.2) is 16.1 Å². The minimum Gasteiger partial charge on any atom is -0.508 e. The minimum atomic E-state index is -0.822. The molecule has 3 atom stereocenters. The van der Waals surface area contributed by atoms with Gasteiger partial charge in [-0.1, -0.05) is 97.1 Å². The number of nitrogens with zero attached hydrogens (tertiary/aromatic N) is 1. The third kappa shape index (κ3) is 5.37. The molecule has 4 nitrogen and oxygen atoms in total. The summed E-state index contributed by atoms with van der Waals surface area (Å²) in [5, 5.41) is 22.0. The average Bonchev–Trinajstić information content (AvgIpc) is 3.01. The first-order valence-corrected chi connectivity index (χ1v) is 13.8. The van der Waals surface area contributed by atoms with Crippen molar-refractivity contribution >= 4 is 11.6 Å². The average molecular weight is 544 g/mol. The number of rotatable bonds is 8. The van der Waals surface area contributed by atoms with E-state index in [1.807, 2.05) is 97.1 Å². The summed E-state index contributed by atoms with van der Waals surface area (Å²) >= 11 is 0. The highest BCUT2D eigenvalue weighted by Crippen LogP contribution is 2.49. The number of benzene rings is 5. The SMILES string of the molecule is O=C1C(CC[C@H](O)c2ccc(F)cc2)C(c2ccc(-c3ccccc3)cc2O)N1c1ccc(-c2ccccc2)cc1. The second kappa shape index (κ2) is 11.4. The lowest BCUT2D eigenvalue weighted by Gasteiger charge is -2.48. The number of aliphatic hydroxyl groups is 1. The van der Waals surface area contributed by atoms with Crippen LogP contribution in [0.5, 0.6) is 5.75 Å². The van der Waals surface area contributed by atoms with Gasteiger partial charge in [0.05, 0.1) is 18.1 Å². The van der Waals surface area contributed by atoms with E-state index in [1.165, 1.54) is 12.1 Å². The standard InChI is InChI=1S/C36H30FNO3/c37-29-16-11-27(12-17-29)33(39)22-21-32-35(31-20-15-28(23-34(31)40)25-9-5-2-6-10-25)38(36(32)41)30-18-13-26(14-19-30)24-7-3-1-4-8-24/h1-20,23,32-33,35,39-40H,21-22H2/t32?,33-,35?/m0/s1. The first-order valence-electron chi connectivity index (χ1n) is 13.8. The van der Waals surface area contributed by atoms with E-state index in [0.717, 1.165) is 27.9 Å². The molecular formula is C36H30FNO3. The molecule has 0 aromatic heterocycles. The molecule has 1 saturated heterocycles. The van der Waals surface area contributed by atoms with Crippen molar-refractivity contribution in [1.82, 2.24) is 0 Å². The van der Waals surface area contributed by atoms with E-state index in [2.05, 4.69) is 0 Å². The first kappa shape index (κ1) is 26.5. The third-order valence-corrected chi connectivity index (χ3v) is 7.93. The molecule has 6 rings (SSSR count). The zero-order valence-corrected chi connectivity index (χ0v) is 22.4. The van der Waals surface area contributed by atoms with Crippen molar-refractivity contribution in [2.24, 2.45) is 5.92 Å². The van der Waals surface area contributed by atoms with Crippen LogP contribution in [0, 0.1) is 11.7 Å². The third-order valence-electron chi connectivity index (χ3n) is 7.93. The Hall–Kier alpha value is -4.74. The van der Waals surface area contributed by atoms with Crippen LogP contribution < -0.4 is 4.90 Å². The molecule has 2 N–H and O–H groups in total. The van der Waals surface area contributed by atoms with Gasteiger partial charge in [-0.05, 0) is 71.0 Å². The normalized spacial score (nSPS) is 17.2. The Bertz CT molecular complexity index is 1640. The zero-order valence-electron chi connectivity index (χ0n) is 22.4. The van der Waals surface area contributed by atoms with Crippen LogP contribution in [0.1, 0.15) is 36.1 Å². The maximum absolute atomic E-state index is 13.6. The molecule has 0 spiro atoms. The molecule has 1 aliphatic rings. The van der Waals surface area contributed by atoms with Gasteiger partial charge in [0.25, 0.3) is 0 Å². The van der Waals surface area contributed by atoms with Crippen molar-refractivity contribution < 1.29 is 19.4 Å². The molecule has 1 aliphatic heterocycles. The lowest BCUT2D eigenvalue weighted by molar-refractivity contribution is -0.131. The van der Waals surface area contributed by atoms with E-state index in [0.29, 0.717) is 24.0 Å². The van der Waals surface area contributed by atoms with Crippen LogP contribution in [0.3, 0.4) is 0 Å². The predicted molar refractivity (Wildman–Crippen MR) is 160 cm³/mol. The summed E-state index contributed by atoms with van der Waals surface area (Å²) in [4.78, 5) is 15.3. The molecule has 1 amide bonds. The van der Waals surface area contributed by atoms with E-state index in [4.69, 9.17) is 0 Å². The van der Waals surface area contributed by atoms with E-state index < -0.39 is 18.1 Å². The Labute approximate surface area is 239 Å². The van der Waals surface area contributed by atoms with E-state index >= 15 is 0 Å². The van der Waals surface area contributed by atoms with Gasteiger partial charge in [-0.25, -0.2) is 4.39 Å². The summed E-state index contributed by atoms with van der Waals surface area (Å²) in [5.74, 6) is -0.718. The molecule has 0 bridgehead atoms. The highest BCUT2D eigenvalue weighted by atomic mass is 19.1. The highest BCUT2D eigenvalue weighted by molar-refractivity contribution is 6.03. The van der Waals surface area contributed by atoms with Crippen molar-refractivity contribution in [1.29, 1.82) is 0 Å². The maximum atomic E-state index is 13.6. The number of halogens is 1. The topological polar surface area (TPSA) is 60.8 Å². The molecule has 1 heterocycles. The lowest BCUT2D eigenvalue weighted by Crippen LogP contribution is -2.55. The number of carbonyl (C=O) groups excluding carboxylic acids is 1. The number of phenols is 1. The van der Waals surface area contributed by atoms with Gasteiger partial charge in [0, 0.05) is 11.3 Å². The summed E-state index contributed by atoms with van der Waals surface area (Å²) in [7, 11) is 0. The number of aliphatic hydroxyl groups excluding tert-OH is 1. The van der Waals surface area contributed by atoms with Gasteiger partial charge < -0.3 is 15.1 Å². The van der Waals surface area contributed by atoms with Crippen LogP contribution in [-0.2, 0) is 4.79 Å². The molecule has 2 unspecified atom stereocenters. The van der Waals surface area contributed by atoms with E-state index in [-0.39, 0.29) is 17.5 Å². The lowest BCUT2D eigenvalue weighted by atomic mass is 9.77. The first-order chi connectivity index (χ1) is 20.0. The Balaban J connectivity index is 1.29. The fourth-order valence-corrected chi connectivity index (χ4v) is 5.71. The second-order valence-corrected chi connectivity index (χ2v) is 10.5. The number of aromatic hydroxyl groups is 1. The minimum absolute atomic E-state index is 0.0553. The molecule has 41 heavy (non-hydrogen) atoms. The molecule has 0 radical (unpaired) electrons. The Morgan fingerprint density at radius 1 is 0.707 bits per heavy atom. The molecule has 0 saturated carbocycles. The van der Waals surface area contributed by atoms with Gasteiger partial charge in [-0.3, -0.25) is 4.79 Å². The van der Waals surface area contributed by atoms with Gasteiger partial charge in [-0.15, -0.1) is 0 Å². The van der Waals surface area contributed by atoms with Crippen LogP contribution in [0.4, 0.5) is 10.1 Å². The largest absolute Gasteiger partial charge is 0.508 e. The smallest absolute Gasteiger partial charge is 0.233 e. The van der Waals surface area contributed by atoms with Crippen LogP contribution in [0.2, 0.25) is 0 Å². The molecule has 5 heteroatoms.